The van der Waals surface area contributed by atoms with E-state index >= 15 is 0 Å². The van der Waals surface area contributed by atoms with Gasteiger partial charge >= 0.3 is 0 Å². The summed E-state index contributed by atoms with van der Waals surface area (Å²) in [6, 6.07) is 5.89. The van der Waals surface area contributed by atoms with E-state index in [1.807, 2.05) is 18.2 Å². The lowest BCUT2D eigenvalue weighted by atomic mass is 10.3. The van der Waals surface area contributed by atoms with Crippen LogP contribution in [-0.2, 0) is 0 Å². The van der Waals surface area contributed by atoms with Gasteiger partial charge in [-0.25, -0.2) is 0 Å². The summed E-state index contributed by atoms with van der Waals surface area (Å²) in [5.41, 5.74) is 0. The van der Waals surface area contributed by atoms with Gasteiger partial charge in [-0.3, -0.25) is 0 Å². The first-order chi connectivity index (χ1) is 6.31. The van der Waals surface area contributed by atoms with Crippen molar-refractivity contribution in [1.82, 2.24) is 0 Å². The number of rotatable bonds is 3. The maximum absolute atomic E-state index is 5.71. The van der Waals surface area contributed by atoms with Crippen molar-refractivity contribution < 1.29 is 9.47 Å². The Bertz CT molecular complexity index is 308. The molecule has 1 aliphatic carbocycles. The van der Waals surface area contributed by atoms with Crippen LogP contribution >= 0.6 is 22.6 Å². The van der Waals surface area contributed by atoms with Gasteiger partial charge in [-0.05, 0) is 47.6 Å². The zero-order valence-electron chi connectivity index (χ0n) is 7.42. The Morgan fingerprint density at radius 3 is 2.62 bits per heavy atom. The molecule has 0 spiro atoms. The van der Waals surface area contributed by atoms with Crippen LogP contribution in [0.25, 0.3) is 0 Å². The van der Waals surface area contributed by atoms with Crippen molar-refractivity contribution in [1.29, 1.82) is 0 Å². The van der Waals surface area contributed by atoms with E-state index in [1.54, 1.807) is 7.11 Å². The van der Waals surface area contributed by atoms with Crippen molar-refractivity contribution in [2.75, 3.05) is 7.11 Å². The minimum Gasteiger partial charge on any atom is -0.496 e. The maximum Gasteiger partial charge on any atom is 0.136 e. The molecule has 0 amide bonds. The average molecular weight is 290 g/mol. The molecule has 0 bridgehead atoms. The van der Waals surface area contributed by atoms with Crippen molar-refractivity contribution in [2.24, 2.45) is 0 Å². The minimum absolute atomic E-state index is 0.445. The van der Waals surface area contributed by atoms with Gasteiger partial charge in [0.1, 0.15) is 11.5 Å². The van der Waals surface area contributed by atoms with E-state index in [-0.39, 0.29) is 0 Å². The Morgan fingerprint density at radius 2 is 2.00 bits per heavy atom. The number of ether oxygens (including phenoxy) is 2. The molecule has 70 valence electrons. The second-order valence-corrected chi connectivity index (χ2v) is 4.17. The smallest absolute Gasteiger partial charge is 0.136 e. The first-order valence-corrected chi connectivity index (χ1v) is 5.38. The Labute approximate surface area is 91.4 Å². The molecule has 13 heavy (non-hydrogen) atoms. The highest BCUT2D eigenvalue weighted by Crippen LogP contribution is 2.34. The first kappa shape index (κ1) is 9.12. The predicted octanol–water partition coefficient (Wildman–Crippen LogP) is 2.84. The minimum atomic E-state index is 0.445. The van der Waals surface area contributed by atoms with Crippen LogP contribution in [0.1, 0.15) is 12.8 Å². The van der Waals surface area contributed by atoms with E-state index in [0.717, 1.165) is 15.1 Å². The monoisotopic (exact) mass is 290 g/mol. The molecule has 0 unspecified atom stereocenters. The van der Waals surface area contributed by atoms with Gasteiger partial charge in [-0.15, -0.1) is 0 Å². The van der Waals surface area contributed by atoms with E-state index in [0.29, 0.717) is 6.10 Å². The summed E-state index contributed by atoms with van der Waals surface area (Å²) in [7, 11) is 1.68. The molecule has 1 aromatic carbocycles. The molecule has 0 heterocycles. The van der Waals surface area contributed by atoms with Crippen molar-refractivity contribution in [3.05, 3.63) is 21.8 Å². The van der Waals surface area contributed by atoms with Crippen molar-refractivity contribution >= 4 is 22.6 Å². The van der Waals surface area contributed by atoms with Crippen LogP contribution in [0, 0.1) is 3.57 Å². The second-order valence-electron chi connectivity index (χ2n) is 3.09. The summed E-state index contributed by atoms with van der Waals surface area (Å²) in [6.07, 6.45) is 2.82. The Morgan fingerprint density at radius 1 is 1.31 bits per heavy atom. The van der Waals surface area contributed by atoms with Gasteiger partial charge in [0.05, 0.1) is 16.8 Å². The lowest BCUT2D eigenvalue weighted by Gasteiger charge is -2.09. The van der Waals surface area contributed by atoms with Gasteiger partial charge in [0.25, 0.3) is 0 Å². The third-order valence-electron chi connectivity index (χ3n) is 1.97. The molecule has 2 nitrogen and oxygen atoms in total. The fourth-order valence-corrected chi connectivity index (χ4v) is 1.81. The molecular formula is C10H11IO2. The van der Waals surface area contributed by atoms with Crippen LogP contribution in [0.4, 0.5) is 0 Å². The van der Waals surface area contributed by atoms with E-state index in [4.69, 9.17) is 9.47 Å². The fraction of sp³-hybridized carbons (Fsp3) is 0.400. The summed E-state index contributed by atoms with van der Waals surface area (Å²) >= 11 is 2.25. The molecule has 1 saturated carbocycles. The largest absolute Gasteiger partial charge is 0.496 e. The van der Waals surface area contributed by atoms with Gasteiger partial charge in [-0.2, -0.15) is 0 Å². The SMILES string of the molecule is COc1cccc(OC2CC2)c1I. The first-order valence-electron chi connectivity index (χ1n) is 4.30. The highest BCUT2D eigenvalue weighted by Gasteiger charge is 2.24. The standard InChI is InChI=1S/C10H11IO2/c1-12-8-3-2-4-9(10(8)11)13-7-5-6-7/h2-4,7H,5-6H2,1H3. The molecule has 0 radical (unpaired) electrons. The highest BCUT2D eigenvalue weighted by atomic mass is 127. The van der Waals surface area contributed by atoms with Crippen molar-refractivity contribution in [2.45, 2.75) is 18.9 Å². The van der Waals surface area contributed by atoms with E-state index in [9.17, 15) is 0 Å². The Hall–Kier alpha value is -0.450. The lowest BCUT2D eigenvalue weighted by molar-refractivity contribution is 0.298. The van der Waals surface area contributed by atoms with E-state index < -0.39 is 0 Å². The third-order valence-corrected chi connectivity index (χ3v) is 3.03. The average Bonchev–Trinajstić information content (AvgIpc) is 2.92. The summed E-state index contributed by atoms with van der Waals surface area (Å²) in [4.78, 5) is 0. The summed E-state index contributed by atoms with van der Waals surface area (Å²) in [5.74, 6) is 1.83. The van der Waals surface area contributed by atoms with E-state index in [2.05, 4.69) is 22.6 Å². The van der Waals surface area contributed by atoms with Crippen molar-refractivity contribution in [3.63, 3.8) is 0 Å². The molecule has 0 N–H and O–H groups in total. The molecule has 1 aliphatic rings. The molecule has 0 aliphatic heterocycles. The zero-order chi connectivity index (χ0) is 9.26. The predicted molar refractivity (Wildman–Crippen MR) is 59.4 cm³/mol. The van der Waals surface area contributed by atoms with Crippen molar-refractivity contribution in [3.8, 4) is 11.5 Å². The lowest BCUT2D eigenvalue weighted by Crippen LogP contribution is -1.98. The van der Waals surface area contributed by atoms with Crippen LogP contribution in [0.2, 0.25) is 0 Å². The normalized spacial score (nSPS) is 15.5. The third kappa shape index (κ3) is 2.07. The molecule has 1 aromatic rings. The molecule has 3 heteroatoms. The van der Waals surface area contributed by atoms with Crippen LogP contribution in [0.5, 0.6) is 11.5 Å². The van der Waals surface area contributed by atoms with E-state index in [1.165, 1.54) is 12.8 Å². The summed E-state index contributed by atoms with van der Waals surface area (Å²) in [5, 5.41) is 0. The maximum atomic E-state index is 5.71. The topological polar surface area (TPSA) is 18.5 Å². The highest BCUT2D eigenvalue weighted by molar-refractivity contribution is 14.1. The number of hydrogen-bond donors (Lipinski definition) is 0. The Balaban J connectivity index is 2.22. The van der Waals surface area contributed by atoms with Crippen LogP contribution in [-0.4, -0.2) is 13.2 Å². The quantitative estimate of drug-likeness (QED) is 0.797. The molecule has 0 saturated heterocycles. The van der Waals surface area contributed by atoms with Gasteiger partial charge in [0.15, 0.2) is 0 Å². The van der Waals surface area contributed by atoms with Crippen LogP contribution < -0.4 is 9.47 Å². The molecule has 2 rings (SSSR count). The number of benzene rings is 1. The fourth-order valence-electron chi connectivity index (χ4n) is 1.10. The molecule has 0 aromatic heterocycles. The van der Waals surface area contributed by atoms with Gasteiger partial charge in [0, 0.05) is 0 Å². The van der Waals surface area contributed by atoms with Crippen LogP contribution in [0.15, 0.2) is 18.2 Å². The molecule has 1 fully saturated rings. The number of hydrogen-bond acceptors (Lipinski definition) is 2. The van der Waals surface area contributed by atoms with Crippen LogP contribution in [0.3, 0.4) is 0 Å². The zero-order valence-corrected chi connectivity index (χ0v) is 9.58. The van der Waals surface area contributed by atoms with Gasteiger partial charge in [-0.1, -0.05) is 6.07 Å². The number of halogens is 1. The Kier molecular flexibility index (Phi) is 2.62. The summed E-state index contributed by atoms with van der Waals surface area (Å²) in [6.45, 7) is 0. The molecular weight excluding hydrogens is 279 g/mol. The number of methoxy groups -OCH3 is 1. The summed E-state index contributed by atoms with van der Waals surface area (Å²) < 4.78 is 12.0. The van der Waals surface area contributed by atoms with Gasteiger partial charge in [0.2, 0.25) is 0 Å². The molecule has 0 atom stereocenters. The van der Waals surface area contributed by atoms with Gasteiger partial charge < -0.3 is 9.47 Å². The second kappa shape index (κ2) is 3.74.